The molecule has 1 unspecified atom stereocenters. The molecule has 1 N–H and O–H groups in total. The van der Waals surface area contributed by atoms with E-state index >= 15 is 0 Å². The van der Waals surface area contributed by atoms with Crippen LogP contribution in [0.1, 0.15) is 38.2 Å². The number of carbonyl (C=O) groups is 2. The number of piperazine rings is 1. The van der Waals surface area contributed by atoms with Crippen molar-refractivity contribution in [3.63, 3.8) is 0 Å². The minimum atomic E-state index is -0.0319. The summed E-state index contributed by atoms with van der Waals surface area (Å²) in [6.07, 6.45) is 3.59. The van der Waals surface area contributed by atoms with E-state index in [-0.39, 0.29) is 11.9 Å². The normalized spacial score (nSPS) is 20.9. The number of likely N-dealkylation sites (N-methyl/N-ethyl adjacent to an activating group) is 1. The Kier molecular flexibility index (Phi) is 7.31. The summed E-state index contributed by atoms with van der Waals surface area (Å²) in [5.74, 6) is 0.690. The molecule has 28 heavy (non-hydrogen) atoms. The lowest BCUT2D eigenvalue weighted by Crippen LogP contribution is -2.48. The van der Waals surface area contributed by atoms with Gasteiger partial charge in [-0.05, 0) is 50.8 Å². The number of piperidine rings is 1. The Morgan fingerprint density at radius 1 is 1.04 bits per heavy atom. The molecule has 2 aliphatic heterocycles. The zero-order chi connectivity index (χ0) is 19.9. The van der Waals surface area contributed by atoms with Crippen molar-refractivity contribution in [3.8, 4) is 0 Å². The number of anilines is 1. The summed E-state index contributed by atoms with van der Waals surface area (Å²) in [5, 5.41) is 2.99. The Morgan fingerprint density at radius 3 is 2.43 bits per heavy atom. The van der Waals surface area contributed by atoms with E-state index in [2.05, 4.69) is 17.1 Å². The molecule has 1 aromatic rings. The molecule has 0 radical (unpaired) electrons. The van der Waals surface area contributed by atoms with Crippen LogP contribution < -0.4 is 5.32 Å². The Labute approximate surface area is 168 Å². The molecule has 6 heteroatoms. The zero-order valence-electron chi connectivity index (χ0n) is 17.3. The van der Waals surface area contributed by atoms with Gasteiger partial charge in [-0.3, -0.25) is 4.79 Å². The third kappa shape index (κ3) is 5.71. The van der Waals surface area contributed by atoms with Crippen LogP contribution in [0.4, 0.5) is 10.5 Å². The summed E-state index contributed by atoms with van der Waals surface area (Å²) in [7, 11) is 0. The summed E-state index contributed by atoms with van der Waals surface area (Å²) in [6.45, 7) is 10.5. The van der Waals surface area contributed by atoms with E-state index in [0.717, 1.165) is 70.8 Å². The maximum absolute atomic E-state index is 12.6. The second kappa shape index (κ2) is 9.92. The fourth-order valence-corrected chi connectivity index (χ4v) is 4.12. The van der Waals surface area contributed by atoms with Gasteiger partial charge in [-0.15, -0.1) is 0 Å². The quantitative estimate of drug-likeness (QED) is 0.846. The molecule has 2 saturated heterocycles. The lowest BCUT2D eigenvalue weighted by atomic mass is 9.93. The van der Waals surface area contributed by atoms with E-state index in [1.54, 1.807) is 0 Å². The minimum absolute atomic E-state index is 0.0319. The van der Waals surface area contributed by atoms with Crippen molar-refractivity contribution in [2.24, 2.45) is 5.92 Å². The number of likely N-dealkylation sites (tertiary alicyclic amines) is 1. The molecule has 2 aliphatic rings. The fraction of sp³-hybridized carbons (Fsp3) is 0.636. The number of carbonyl (C=O) groups excluding carboxylic acids is 2. The van der Waals surface area contributed by atoms with Gasteiger partial charge in [0.2, 0.25) is 5.91 Å². The summed E-state index contributed by atoms with van der Waals surface area (Å²) >= 11 is 0. The molecule has 3 rings (SSSR count). The maximum Gasteiger partial charge on any atom is 0.321 e. The third-order valence-electron chi connectivity index (χ3n) is 6.05. The molecule has 1 aromatic carbocycles. The van der Waals surface area contributed by atoms with E-state index < -0.39 is 0 Å². The van der Waals surface area contributed by atoms with E-state index in [0.29, 0.717) is 12.3 Å². The fourth-order valence-electron chi connectivity index (χ4n) is 4.12. The van der Waals surface area contributed by atoms with Gasteiger partial charge < -0.3 is 20.0 Å². The summed E-state index contributed by atoms with van der Waals surface area (Å²) < 4.78 is 0. The summed E-state index contributed by atoms with van der Waals surface area (Å²) in [6, 6.07) is 7.84. The predicted octanol–water partition coefficient (Wildman–Crippen LogP) is 3.18. The number of benzene rings is 1. The molecule has 6 nitrogen and oxygen atoms in total. The third-order valence-corrected chi connectivity index (χ3v) is 6.05. The number of rotatable bonds is 5. The van der Waals surface area contributed by atoms with Gasteiger partial charge in [0.25, 0.3) is 0 Å². The Bertz CT molecular complexity index is 653. The van der Waals surface area contributed by atoms with Crippen molar-refractivity contribution in [1.29, 1.82) is 0 Å². The highest BCUT2D eigenvalue weighted by molar-refractivity contribution is 5.89. The Balaban J connectivity index is 1.42. The lowest BCUT2D eigenvalue weighted by Gasteiger charge is -2.35. The topological polar surface area (TPSA) is 55.9 Å². The van der Waals surface area contributed by atoms with Crippen LogP contribution in [-0.2, 0) is 4.79 Å². The lowest BCUT2D eigenvalue weighted by molar-refractivity contribution is -0.133. The van der Waals surface area contributed by atoms with Crippen molar-refractivity contribution in [1.82, 2.24) is 14.7 Å². The van der Waals surface area contributed by atoms with Crippen LogP contribution in [0.15, 0.2) is 24.3 Å². The SMILES string of the molecule is CCN1CCN(C(=O)CCC2CCCN(C(=O)Nc3ccc(C)cc3)C2)CC1. The summed E-state index contributed by atoms with van der Waals surface area (Å²) in [5.41, 5.74) is 2.01. The van der Waals surface area contributed by atoms with Crippen LogP contribution >= 0.6 is 0 Å². The number of urea groups is 1. The van der Waals surface area contributed by atoms with Crippen LogP contribution in [0.3, 0.4) is 0 Å². The molecule has 2 heterocycles. The number of amides is 3. The van der Waals surface area contributed by atoms with Crippen LogP contribution in [0.2, 0.25) is 0 Å². The first kappa shape index (κ1) is 20.6. The highest BCUT2D eigenvalue weighted by atomic mass is 16.2. The van der Waals surface area contributed by atoms with Gasteiger partial charge in [0, 0.05) is 51.4 Å². The highest BCUT2D eigenvalue weighted by Gasteiger charge is 2.26. The van der Waals surface area contributed by atoms with Gasteiger partial charge in [-0.2, -0.15) is 0 Å². The summed E-state index contributed by atoms with van der Waals surface area (Å²) in [4.78, 5) is 31.4. The zero-order valence-corrected chi connectivity index (χ0v) is 17.3. The average Bonchev–Trinajstić information content (AvgIpc) is 2.74. The highest BCUT2D eigenvalue weighted by Crippen LogP contribution is 2.22. The van der Waals surface area contributed by atoms with Crippen molar-refractivity contribution in [2.75, 3.05) is 51.1 Å². The molecular formula is C22H34N4O2. The predicted molar refractivity (Wildman–Crippen MR) is 112 cm³/mol. The standard InChI is InChI=1S/C22H34N4O2/c1-3-24-13-15-25(16-14-24)21(27)11-8-19-5-4-12-26(17-19)22(28)23-20-9-6-18(2)7-10-20/h6-7,9-10,19H,3-5,8,11-17H2,1-2H3,(H,23,28). The van der Waals surface area contributed by atoms with Gasteiger partial charge in [-0.25, -0.2) is 4.79 Å². The number of hydrogen-bond donors (Lipinski definition) is 1. The number of nitrogens with zero attached hydrogens (tertiary/aromatic N) is 3. The van der Waals surface area contributed by atoms with E-state index in [1.165, 1.54) is 5.56 Å². The average molecular weight is 387 g/mol. The van der Waals surface area contributed by atoms with Crippen molar-refractivity contribution >= 4 is 17.6 Å². The Hall–Kier alpha value is -2.08. The molecule has 3 amide bonds. The van der Waals surface area contributed by atoms with Crippen molar-refractivity contribution < 1.29 is 9.59 Å². The number of hydrogen-bond acceptors (Lipinski definition) is 3. The largest absolute Gasteiger partial charge is 0.340 e. The first-order chi connectivity index (χ1) is 13.5. The van der Waals surface area contributed by atoms with Gasteiger partial charge in [0.15, 0.2) is 0 Å². The van der Waals surface area contributed by atoms with Crippen LogP contribution in [0, 0.1) is 12.8 Å². The van der Waals surface area contributed by atoms with E-state index in [4.69, 9.17) is 0 Å². The van der Waals surface area contributed by atoms with Crippen molar-refractivity contribution in [3.05, 3.63) is 29.8 Å². The van der Waals surface area contributed by atoms with E-state index in [9.17, 15) is 9.59 Å². The van der Waals surface area contributed by atoms with Gasteiger partial charge in [0.1, 0.15) is 0 Å². The second-order valence-corrected chi connectivity index (χ2v) is 8.10. The second-order valence-electron chi connectivity index (χ2n) is 8.10. The smallest absolute Gasteiger partial charge is 0.321 e. The molecule has 2 fully saturated rings. The van der Waals surface area contributed by atoms with Crippen LogP contribution in [0.25, 0.3) is 0 Å². The van der Waals surface area contributed by atoms with Crippen LogP contribution in [-0.4, -0.2) is 72.5 Å². The minimum Gasteiger partial charge on any atom is -0.340 e. The number of nitrogens with one attached hydrogen (secondary N) is 1. The van der Waals surface area contributed by atoms with Gasteiger partial charge >= 0.3 is 6.03 Å². The molecule has 0 bridgehead atoms. The molecular weight excluding hydrogens is 352 g/mol. The van der Waals surface area contributed by atoms with Gasteiger partial charge in [-0.1, -0.05) is 24.6 Å². The van der Waals surface area contributed by atoms with E-state index in [1.807, 2.05) is 41.0 Å². The van der Waals surface area contributed by atoms with Gasteiger partial charge in [0.05, 0.1) is 0 Å². The number of aryl methyl sites for hydroxylation is 1. The molecule has 0 saturated carbocycles. The van der Waals surface area contributed by atoms with Crippen molar-refractivity contribution in [2.45, 2.75) is 39.5 Å². The molecule has 1 atom stereocenters. The molecule has 0 aliphatic carbocycles. The Morgan fingerprint density at radius 2 is 1.75 bits per heavy atom. The molecule has 154 valence electrons. The first-order valence-corrected chi connectivity index (χ1v) is 10.7. The van der Waals surface area contributed by atoms with Crippen LogP contribution in [0.5, 0.6) is 0 Å². The first-order valence-electron chi connectivity index (χ1n) is 10.7. The monoisotopic (exact) mass is 386 g/mol. The molecule has 0 aromatic heterocycles. The maximum atomic E-state index is 12.6. The molecule has 0 spiro atoms.